The molecule has 0 fully saturated rings. The van der Waals surface area contributed by atoms with Crippen LogP contribution in [0.15, 0.2) is 77.7 Å². The van der Waals surface area contributed by atoms with Crippen LogP contribution in [0.3, 0.4) is 0 Å². The number of carbonyl (C=O) groups excluding carboxylic acids is 1. The molecule has 156 valence electrons. The maximum atomic E-state index is 12.5. The molecular formula is C22H21ClN2O4S. The SMILES string of the molecule is Cc1ccc(OCCNC(=O)c2cc(NS(=O)(=O)c3ccccc3)ccc2Cl)cc1. The molecule has 0 aliphatic heterocycles. The van der Waals surface area contributed by atoms with Gasteiger partial charge in [-0.05, 0) is 49.4 Å². The standard InChI is InChI=1S/C22H21ClN2O4S/c1-16-7-10-18(11-8-16)29-14-13-24-22(26)20-15-17(9-12-21(20)23)25-30(27,28)19-5-3-2-4-6-19/h2-12,15,25H,13-14H2,1H3,(H,24,26). The lowest BCUT2D eigenvalue weighted by Gasteiger charge is -2.12. The highest BCUT2D eigenvalue weighted by Gasteiger charge is 2.16. The summed E-state index contributed by atoms with van der Waals surface area (Å²) in [6, 6.07) is 19.9. The van der Waals surface area contributed by atoms with Crippen molar-refractivity contribution in [3.63, 3.8) is 0 Å². The maximum absolute atomic E-state index is 12.5. The quantitative estimate of drug-likeness (QED) is 0.508. The number of hydrogen-bond acceptors (Lipinski definition) is 4. The monoisotopic (exact) mass is 444 g/mol. The number of anilines is 1. The van der Waals surface area contributed by atoms with Crippen LogP contribution in [-0.2, 0) is 10.0 Å². The van der Waals surface area contributed by atoms with E-state index in [-0.39, 0.29) is 34.3 Å². The number of aryl methyl sites for hydroxylation is 1. The van der Waals surface area contributed by atoms with E-state index in [1.54, 1.807) is 18.2 Å². The number of hydrogen-bond donors (Lipinski definition) is 2. The molecule has 0 saturated carbocycles. The Morgan fingerprint density at radius 1 is 1.00 bits per heavy atom. The molecule has 1 amide bonds. The Morgan fingerprint density at radius 2 is 1.70 bits per heavy atom. The zero-order valence-electron chi connectivity index (χ0n) is 16.3. The predicted molar refractivity (Wildman–Crippen MR) is 118 cm³/mol. The third-order valence-corrected chi connectivity index (χ3v) is 5.92. The Kier molecular flexibility index (Phi) is 6.97. The van der Waals surface area contributed by atoms with Crippen LogP contribution in [0.2, 0.25) is 5.02 Å². The van der Waals surface area contributed by atoms with E-state index in [1.165, 1.54) is 30.3 Å². The van der Waals surface area contributed by atoms with Crippen molar-refractivity contribution in [3.8, 4) is 5.75 Å². The summed E-state index contributed by atoms with van der Waals surface area (Å²) in [5.41, 5.74) is 1.54. The van der Waals surface area contributed by atoms with E-state index < -0.39 is 15.9 Å². The van der Waals surface area contributed by atoms with Gasteiger partial charge in [0, 0.05) is 5.69 Å². The number of nitrogens with one attached hydrogen (secondary N) is 2. The summed E-state index contributed by atoms with van der Waals surface area (Å²) < 4.78 is 33.0. The molecule has 2 N–H and O–H groups in total. The lowest BCUT2D eigenvalue weighted by molar-refractivity contribution is 0.0947. The van der Waals surface area contributed by atoms with Crippen molar-refractivity contribution in [1.82, 2.24) is 5.32 Å². The largest absolute Gasteiger partial charge is 0.492 e. The summed E-state index contributed by atoms with van der Waals surface area (Å²) >= 11 is 6.13. The zero-order chi connectivity index (χ0) is 21.6. The van der Waals surface area contributed by atoms with Gasteiger partial charge >= 0.3 is 0 Å². The highest BCUT2D eigenvalue weighted by Crippen LogP contribution is 2.23. The number of ether oxygens (including phenoxy) is 1. The van der Waals surface area contributed by atoms with E-state index in [0.29, 0.717) is 5.75 Å². The van der Waals surface area contributed by atoms with Crippen LogP contribution in [0.1, 0.15) is 15.9 Å². The minimum atomic E-state index is -3.77. The van der Waals surface area contributed by atoms with Crippen LogP contribution in [0.4, 0.5) is 5.69 Å². The molecular weight excluding hydrogens is 424 g/mol. The molecule has 8 heteroatoms. The Hall–Kier alpha value is -3.03. The second kappa shape index (κ2) is 9.65. The van der Waals surface area contributed by atoms with Crippen molar-refractivity contribution >= 4 is 33.2 Å². The molecule has 0 radical (unpaired) electrons. The second-order valence-corrected chi connectivity index (χ2v) is 8.62. The minimum absolute atomic E-state index is 0.124. The Labute approximate surface area is 180 Å². The number of rotatable bonds is 8. The predicted octanol–water partition coefficient (Wildman–Crippen LogP) is 4.26. The fourth-order valence-corrected chi connectivity index (χ4v) is 3.91. The molecule has 0 aliphatic carbocycles. The van der Waals surface area contributed by atoms with Crippen molar-refractivity contribution in [2.45, 2.75) is 11.8 Å². The number of halogens is 1. The molecule has 3 aromatic rings. The highest BCUT2D eigenvalue weighted by molar-refractivity contribution is 7.92. The molecule has 0 aliphatic rings. The molecule has 0 bridgehead atoms. The molecule has 0 unspecified atom stereocenters. The summed E-state index contributed by atoms with van der Waals surface area (Å²) in [5.74, 6) is 0.290. The van der Waals surface area contributed by atoms with Gasteiger partial charge in [0.1, 0.15) is 12.4 Å². The van der Waals surface area contributed by atoms with Gasteiger partial charge in [-0.3, -0.25) is 9.52 Å². The molecule has 6 nitrogen and oxygen atoms in total. The van der Waals surface area contributed by atoms with E-state index in [4.69, 9.17) is 16.3 Å². The summed E-state index contributed by atoms with van der Waals surface area (Å²) in [6.07, 6.45) is 0. The molecule has 3 rings (SSSR count). The molecule has 0 aromatic heterocycles. The number of amides is 1. The average molecular weight is 445 g/mol. The molecule has 3 aromatic carbocycles. The number of sulfonamides is 1. The molecule has 0 saturated heterocycles. The van der Waals surface area contributed by atoms with E-state index in [9.17, 15) is 13.2 Å². The Balaban J connectivity index is 1.61. The fourth-order valence-electron chi connectivity index (χ4n) is 2.64. The normalized spacial score (nSPS) is 11.0. The van der Waals surface area contributed by atoms with Crippen LogP contribution < -0.4 is 14.8 Å². The van der Waals surface area contributed by atoms with E-state index in [0.717, 1.165) is 5.56 Å². The third-order valence-electron chi connectivity index (χ3n) is 4.19. The molecule has 0 heterocycles. The smallest absolute Gasteiger partial charge is 0.261 e. The first kappa shape index (κ1) is 21.7. The summed E-state index contributed by atoms with van der Waals surface area (Å²) in [4.78, 5) is 12.6. The zero-order valence-corrected chi connectivity index (χ0v) is 17.8. The van der Waals surface area contributed by atoms with Gasteiger partial charge in [-0.15, -0.1) is 0 Å². The van der Waals surface area contributed by atoms with Gasteiger partial charge in [0.2, 0.25) is 0 Å². The van der Waals surface area contributed by atoms with Gasteiger partial charge < -0.3 is 10.1 Å². The number of benzene rings is 3. The van der Waals surface area contributed by atoms with Crippen LogP contribution in [0, 0.1) is 6.92 Å². The van der Waals surface area contributed by atoms with Gasteiger partial charge in [0.25, 0.3) is 15.9 Å². The first-order valence-electron chi connectivity index (χ1n) is 9.20. The van der Waals surface area contributed by atoms with Crippen molar-refractivity contribution in [2.24, 2.45) is 0 Å². The molecule has 0 spiro atoms. The summed E-state index contributed by atoms with van der Waals surface area (Å²) in [5, 5.41) is 2.93. The minimum Gasteiger partial charge on any atom is -0.492 e. The van der Waals surface area contributed by atoms with Crippen LogP contribution >= 0.6 is 11.6 Å². The van der Waals surface area contributed by atoms with Crippen molar-refractivity contribution < 1.29 is 17.9 Å². The lowest BCUT2D eigenvalue weighted by atomic mass is 10.2. The van der Waals surface area contributed by atoms with Crippen LogP contribution in [0.25, 0.3) is 0 Å². The topological polar surface area (TPSA) is 84.5 Å². The third kappa shape index (κ3) is 5.75. The van der Waals surface area contributed by atoms with Crippen LogP contribution in [-0.4, -0.2) is 27.5 Å². The number of carbonyl (C=O) groups is 1. The summed E-state index contributed by atoms with van der Waals surface area (Å²) in [6.45, 7) is 2.54. The Morgan fingerprint density at radius 3 is 2.40 bits per heavy atom. The van der Waals surface area contributed by atoms with E-state index in [1.807, 2.05) is 31.2 Å². The maximum Gasteiger partial charge on any atom is 0.261 e. The molecule has 0 atom stereocenters. The van der Waals surface area contributed by atoms with Gasteiger partial charge in [0.05, 0.1) is 22.0 Å². The van der Waals surface area contributed by atoms with E-state index in [2.05, 4.69) is 10.0 Å². The average Bonchev–Trinajstić information content (AvgIpc) is 2.74. The van der Waals surface area contributed by atoms with Crippen LogP contribution in [0.5, 0.6) is 5.75 Å². The van der Waals surface area contributed by atoms with Crippen molar-refractivity contribution in [1.29, 1.82) is 0 Å². The van der Waals surface area contributed by atoms with Gasteiger partial charge in [-0.1, -0.05) is 47.5 Å². The van der Waals surface area contributed by atoms with Crippen molar-refractivity contribution in [2.75, 3.05) is 17.9 Å². The van der Waals surface area contributed by atoms with Gasteiger partial charge in [-0.2, -0.15) is 0 Å². The van der Waals surface area contributed by atoms with Gasteiger partial charge in [0.15, 0.2) is 0 Å². The van der Waals surface area contributed by atoms with Crippen molar-refractivity contribution in [3.05, 3.63) is 88.9 Å². The van der Waals surface area contributed by atoms with Gasteiger partial charge in [-0.25, -0.2) is 8.42 Å². The first-order chi connectivity index (χ1) is 14.3. The Bertz CT molecular complexity index is 1120. The lowest BCUT2D eigenvalue weighted by Crippen LogP contribution is -2.28. The fraction of sp³-hybridized carbons (Fsp3) is 0.136. The molecule has 30 heavy (non-hydrogen) atoms. The second-order valence-electron chi connectivity index (χ2n) is 6.53. The first-order valence-corrected chi connectivity index (χ1v) is 11.1. The van der Waals surface area contributed by atoms with E-state index >= 15 is 0 Å². The summed E-state index contributed by atoms with van der Waals surface area (Å²) in [7, 11) is -3.77. The highest BCUT2D eigenvalue weighted by atomic mass is 35.5.